The van der Waals surface area contributed by atoms with Gasteiger partial charge >= 0.3 is 0 Å². The minimum atomic E-state index is -1.69. The Kier molecular flexibility index (Phi) is 5.75. The second-order valence-corrected chi connectivity index (χ2v) is 10.4. The Bertz CT molecular complexity index is 598. The van der Waals surface area contributed by atoms with Gasteiger partial charge in [0.25, 0.3) is 0 Å². The number of nitrogens with zero attached hydrogens (tertiary/aromatic N) is 1. The summed E-state index contributed by atoms with van der Waals surface area (Å²) in [4.78, 5) is 0. The Morgan fingerprint density at radius 3 is 1.86 bits per heavy atom. The van der Waals surface area contributed by atoms with Crippen molar-refractivity contribution in [2.45, 2.75) is 26.9 Å². The van der Waals surface area contributed by atoms with Crippen LogP contribution >= 0.6 is 0 Å². The van der Waals surface area contributed by atoms with Gasteiger partial charge in [-0.3, -0.25) is 0 Å². The second-order valence-electron chi connectivity index (χ2n) is 6.07. The zero-order valence-electron chi connectivity index (χ0n) is 14.2. The average molecular weight is 310 g/mol. The molecule has 0 fully saturated rings. The highest BCUT2D eigenvalue weighted by molar-refractivity contribution is 6.93. The van der Waals surface area contributed by atoms with Crippen molar-refractivity contribution in [2.75, 3.05) is 13.1 Å². The summed E-state index contributed by atoms with van der Waals surface area (Å²) in [7, 11) is -1.69. The molecule has 0 aromatic heterocycles. The van der Waals surface area contributed by atoms with E-state index >= 15 is 0 Å². The van der Waals surface area contributed by atoms with E-state index in [9.17, 15) is 0 Å². The van der Waals surface area contributed by atoms with Crippen molar-refractivity contribution in [2.24, 2.45) is 0 Å². The van der Waals surface area contributed by atoms with Crippen molar-refractivity contribution >= 4 is 19.5 Å². The van der Waals surface area contributed by atoms with E-state index < -0.39 is 8.24 Å². The molecule has 0 saturated carbocycles. The van der Waals surface area contributed by atoms with Gasteiger partial charge in [0.2, 0.25) is 0 Å². The molecule has 2 aromatic rings. The summed E-state index contributed by atoms with van der Waals surface area (Å²) < 4.78 is 2.65. The fourth-order valence-corrected chi connectivity index (χ4v) is 6.45. The normalized spacial score (nSPS) is 12.7. The SMILES string of the molecule is CCN(CC)[Si](C)(C)C(=Cc1ccccc1)c1ccccc1. The summed E-state index contributed by atoms with van der Waals surface area (Å²) in [6.45, 7) is 11.7. The molecular weight excluding hydrogens is 282 g/mol. The third-order valence-electron chi connectivity index (χ3n) is 4.41. The first kappa shape index (κ1) is 16.7. The van der Waals surface area contributed by atoms with Gasteiger partial charge in [0.1, 0.15) is 0 Å². The molecule has 0 saturated heterocycles. The highest BCUT2D eigenvalue weighted by Gasteiger charge is 2.32. The van der Waals surface area contributed by atoms with Crippen LogP contribution in [0.15, 0.2) is 60.7 Å². The maximum Gasteiger partial charge on any atom is 0.154 e. The average Bonchev–Trinajstić information content (AvgIpc) is 2.55. The molecule has 0 aliphatic heterocycles. The maximum absolute atomic E-state index is 2.65. The van der Waals surface area contributed by atoms with Gasteiger partial charge in [0, 0.05) is 0 Å². The summed E-state index contributed by atoms with van der Waals surface area (Å²) in [6, 6.07) is 21.5. The summed E-state index contributed by atoms with van der Waals surface area (Å²) in [5, 5.41) is 1.50. The molecule has 22 heavy (non-hydrogen) atoms. The van der Waals surface area contributed by atoms with E-state index in [1.165, 1.54) is 16.3 Å². The molecular formula is C20H27NSi. The quantitative estimate of drug-likeness (QED) is 0.516. The number of benzene rings is 2. The first-order valence-electron chi connectivity index (χ1n) is 8.17. The molecule has 0 amide bonds. The highest BCUT2D eigenvalue weighted by Crippen LogP contribution is 2.30. The predicted molar refractivity (Wildman–Crippen MR) is 101 cm³/mol. The molecule has 116 valence electrons. The molecule has 0 spiro atoms. The zero-order chi connectivity index (χ0) is 16.0. The summed E-state index contributed by atoms with van der Waals surface area (Å²) in [6.07, 6.45) is 2.39. The fourth-order valence-electron chi connectivity index (χ4n) is 3.13. The van der Waals surface area contributed by atoms with Gasteiger partial charge in [-0.25, -0.2) is 0 Å². The van der Waals surface area contributed by atoms with Crippen LogP contribution < -0.4 is 0 Å². The molecule has 0 aliphatic carbocycles. The topological polar surface area (TPSA) is 3.24 Å². The third kappa shape index (κ3) is 3.76. The Morgan fingerprint density at radius 1 is 0.864 bits per heavy atom. The third-order valence-corrected chi connectivity index (χ3v) is 8.37. The summed E-state index contributed by atoms with van der Waals surface area (Å²) >= 11 is 0. The number of hydrogen-bond donors (Lipinski definition) is 0. The Morgan fingerprint density at radius 2 is 1.36 bits per heavy atom. The molecule has 2 aromatic carbocycles. The van der Waals surface area contributed by atoms with Gasteiger partial charge in [-0.1, -0.05) is 93.7 Å². The van der Waals surface area contributed by atoms with Crippen molar-refractivity contribution < 1.29 is 0 Å². The van der Waals surface area contributed by atoms with Crippen LogP contribution in [0.1, 0.15) is 25.0 Å². The lowest BCUT2D eigenvalue weighted by molar-refractivity contribution is 0.475. The Labute approximate surface area is 136 Å². The smallest absolute Gasteiger partial charge is 0.154 e. The highest BCUT2D eigenvalue weighted by atomic mass is 28.3. The lowest BCUT2D eigenvalue weighted by atomic mass is 10.1. The van der Waals surface area contributed by atoms with Crippen LogP contribution in [0.4, 0.5) is 0 Å². The first-order chi connectivity index (χ1) is 10.6. The molecule has 1 nitrogen and oxygen atoms in total. The standard InChI is InChI=1S/C20H27NSi/c1-5-21(6-2)22(3,4)20(19-15-11-8-12-16-19)17-18-13-9-7-10-14-18/h7-17H,5-6H2,1-4H3. The van der Waals surface area contributed by atoms with Crippen molar-refractivity contribution in [1.82, 2.24) is 4.57 Å². The lowest BCUT2D eigenvalue weighted by Gasteiger charge is -2.37. The zero-order valence-corrected chi connectivity index (χ0v) is 15.2. The van der Waals surface area contributed by atoms with Crippen LogP contribution in [-0.2, 0) is 0 Å². The van der Waals surface area contributed by atoms with Crippen LogP contribution in [0.5, 0.6) is 0 Å². The van der Waals surface area contributed by atoms with Crippen molar-refractivity contribution in [3.05, 3.63) is 71.8 Å². The van der Waals surface area contributed by atoms with E-state index in [2.05, 4.69) is 98.2 Å². The summed E-state index contributed by atoms with van der Waals surface area (Å²) in [5.41, 5.74) is 2.64. The Balaban J connectivity index is 2.54. The van der Waals surface area contributed by atoms with Crippen LogP contribution in [0.3, 0.4) is 0 Å². The van der Waals surface area contributed by atoms with E-state index in [0.29, 0.717) is 0 Å². The van der Waals surface area contributed by atoms with Gasteiger partial charge in [-0.2, -0.15) is 0 Å². The number of hydrogen-bond acceptors (Lipinski definition) is 1. The minimum Gasteiger partial charge on any atom is -0.321 e. The molecule has 0 unspecified atom stereocenters. The molecule has 0 heterocycles. The van der Waals surface area contributed by atoms with Crippen LogP contribution in [0, 0.1) is 0 Å². The van der Waals surface area contributed by atoms with Crippen LogP contribution in [-0.4, -0.2) is 25.9 Å². The van der Waals surface area contributed by atoms with E-state index in [1.807, 2.05) is 0 Å². The van der Waals surface area contributed by atoms with Gasteiger partial charge in [-0.05, 0) is 29.4 Å². The van der Waals surface area contributed by atoms with Crippen LogP contribution in [0.25, 0.3) is 11.3 Å². The number of rotatable bonds is 6. The fraction of sp³-hybridized carbons (Fsp3) is 0.300. The van der Waals surface area contributed by atoms with E-state index in [1.54, 1.807) is 0 Å². The van der Waals surface area contributed by atoms with E-state index in [4.69, 9.17) is 0 Å². The van der Waals surface area contributed by atoms with Crippen molar-refractivity contribution in [3.63, 3.8) is 0 Å². The van der Waals surface area contributed by atoms with Gasteiger partial charge in [0.15, 0.2) is 8.24 Å². The molecule has 2 heteroatoms. The minimum absolute atomic E-state index is 1.11. The van der Waals surface area contributed by atoms with Crippen molar-refractivity contribution in [3.8, 4) is 0 Å². The van der Waals surface area contributed by atoms with Gasteiger partial charge in [0.05, 0.1) is 0 Å². The Hall–Kier alpha value is -1.64. The van der Waals surface area contributed by atoms with E-state index in [0.717, 1.165) is 13.1 Å². The van der Waals surface area contributed by atoms with Gasteiger partial charge in [-0.15, -0.1) is 0 Å². The molecule has 0 N–H and O–H groups in total. The van der Waals surface area contributed by atoms with Gasteiger partial charge < -0.3 is 4.57 Å². The maximum atomic E-state index is 2.65. The lowest BCUT2D eigenvalue weighted by Crippen LogP contribution is -2.49. The summed E-state index contributed by atoms with van der Waals surface area (Å²) in [5.74, 6) is 0. The first-order valence-corrected chi connectivity index (χ1v) is 11.1. The largest absolute Gasteiger partial charge is 0.321 e. The van der Waals surface area contributed by atoms with E-state index in [-0.39, 0.29) is 0 Å². The molecule has 0 bridgehead atoms. The molecule has 0 aliphatic rings. The molecule has 2 rings (SSSR count). The second kappa shape index (κ2) is 7.57. The predicted octanol–water partition coefficient (Wildman–Crippen LogP) is 5.31. The van der Waals surface area contributed by atoms with Crippen molar-refractivity contribution in [1.29, 1.82) is 0 Å². The van der Waals surface area contributed by atoms with Crippen LogP contribution in [0.2, 0.25) is 13.1 Å². The molecule has 0 radical (unpaired) electrons. The molecule has 0 atom stereocenters. The monoisotopic (exact) mass is 309 g/mol.